The highest BCUT2D eigenvalue weighted by Crippen LogP contribution is 2.25. The fourth-order valence-electron chi connectivity index (χ4n) is 4.62. The van der Waals surface area contributed by atoms with E-state index in [2.05, 4.69) is 9.44 Å². The van der Waals surface area contributed by atoms with Crippen LogP contribution in [0.4, 0.5) is 10.5 Å². The summed E-state index contributed by atoms with van der Waals surface area (Å²) in [5.41, 5.74) is 5.14. The van der Waals surface area contributed by atoms with Crippen LogP contribution in [0, 0.1) is 6.92 Å². The summed E-state index contributed by atoms with van der Waals surface area (Å²) in [6, 6.07) is 27.3. The first-order valence-corrected chi connectivity index (χ1v) is 15.8. The Hall–Kier alpha value is -4.15. The van der Waals surface area contributed by atoms with Gasteiger partial charge in [-0.15, -0.1) is 0 Å². The molecule has 10 heteroatoms. The number of hydrogen-bond donors (Lipinski definition) is 2. The van der Waals surface area contributed by atoms with Crippen molar-refractivity contribution in [1.82, 2.24) is 9.62 Å². The van der Waals surface area contributed by atoms with Gasteiger partial charge in [-0.1, -0.05) is 66.2 Å². The van der Waals surface area contributed by atoms with Crippen molar-refractivity contribution < 1.29 is 21.6 Å². The van der Waals surface area contributed by atoms with Gasteiger partial charge in [-0.2, -0.15) is 0 Å². The molecule has 8 nitrogen and oxygen atoms in total. The molecule has 0 unspecified atom stereocenters. The highest BCUT2D eigenvalue weighted by Gasteiger charge is 2.24. The van der Waals surface area contributed by atoms with Crippen LogP contribution in [0.3, 0.4) is 0 Å². The van der Waals surface area contributed by atoms with Crippen LogP contribution in [0.25, 0.3) is 11.1 Å². The van der Waals surface area contributed by atoms with E-state index in [1.54, 1.807) is 48.5 Å². The number of fused-ring (bicyclic) bond motifs is 1. The molecule has 0 fully saturated rings. The summed E-state index contributed by atoms with van der Waals surface area (Å²) >= 11 is 0. The number of carbonyl (C=O) groups is 1. The average Bonchev–Trinajstić information content (AvgIpc) is 3.16. The first-order valence-electron chi connectivity index (χ1n) is 12.8. The van der Waals surface area contributed by atoms with Crippen LogP contribution in [0.2, 0.25) is 0 Å². The molecule has 0 aliphatic carbocycles. The summed E-state index contributed by atoms with van der Waals surface area (Å²) in [5.74, 6) is 0. The van der Waals surface area contributed by atoms with Gasteiger partial charge >= 0.3 is 6.03 Å². The second-order valence-electron chi connectivity index (χ2n) is 9.69. The second-order valence-corrected chi connectivity index (χ2v) is 13.1. The van der Waals surface area contributed by atoms with Gasteiger partial charge in [-0.05, 0) is 78.4 Å². The van der Waals surface area contributed by atoms with Crippen LogP contribution < -0.4 is 9.44 Å². The van der Waals surface area contributed by atoms with Gasteiger partial charge in [-0.25, -0.2) is 26.4 Å². The molecule has 5 rings (SSSR count). The van der Waals surface area contributed by atoms with E-state index in [-0.39, 0.29) is 9.79 Å². The van der Waals surface area contributed by atoms with E-state index in [1.807, 2.05) is 43.3 Å². The van der Waals surface area contributed by atoms with E-state index >= 15 is 0 Å². The quantitative estimate of drug-likeness (QED) is 0.337. The average molecular weight is 576 g/mol. The molecule has 0 atom stereocenters. The molecule has 40 heavy (non-hydrogen) atoms. The Bertz CT molecular complexity index is 1740. The van der Waals surface area contributed by atoms with Gasteiger partial charge in [0.15, 0.2) is 0 Å². The molecule has 0 aromatic heterocycles. The third kappa shape index (κ3) is 6.19. The largest absolute Gasteiger partial charge is 0.331 e. The Morgan fingerprint density at radius 2 is 1.25 bits per heavy atom. The maximum absolute atomic E-state index is 13.1. The molecule has 4 aromatic carbocycles. The lowest BCUT2D eigenvalue weighted by Gasteiger charge is -2.20. The predicted molar refractivity (Wildman–Crippen MR) is 155 cm³/mol. The van der Waals surface area contributed by atoms with Crippen LogP contribution in [0.1, 0.15) is 16.7 Å². The zero-order chi connectivity index (χ0) is 28.3. The lowest BCUT2D eigenvalue weighted by molar-refractivity contribution is 0.206. The second kappa shape index (κ2) is 11.1. The molecule has 4 aromatic rings. The van der Waals surface area contributed by atoms with Crippen LogP contribution >= 0.6 is 0 Å². The van der Waals surface area contributed by atoms with E-state index in [0.29, 0.717) is 31.6 Å². The Kier molecular flexibility index (Phi) is 7.64. The van der Waals surface area contributed by atoms with Crippen LogP contribution in [0.5, 0.6) is 0 Å². The standard InChI is InChI=1S/C30H29N3O5S2/c1-22-7-13-28(14-8-22)40(37,38)32-30(34)33-19-17-25-9-12-27(21-26(25)18-20-33)31-39(35,36)29-15-10-24(11-16-29)23-5-3-2-4-6-23/h2-16,21,31H,17-20H2,1H3,(H,32,34). The number of amides is 2. The topological polar surface area (TPSA) is 113 Å². The first kappa shape index (κ1) is 27.4. The number of benzene rings is 4. The van der Waals surface area contributed by atoms with Crippen molar-refractivity contribution in [3.63, 3.8) is 0 Å². The highest BCUT2D eigenvalue weighted by atomic mass is 32.2. The molecule has 0 saturated carbocycles. The Balaban J connectivity index is 1.25. The number of urea groups is 1. The number of anilines is 1. The molecule has 206 valence electrons. The predicted octanol–water partition coefficient (Wildman–Crippen LogP) is 4.96. The van der Waals surface area contributed by atoms with Crippen molar-refractivity contribution in [2.24, 2.45) is 0 Å². The Morgan fingerprint density at radius 1 is 0.675 bits per heavy atom. The van der Waals surface area contributed by atoms with Crippen molar-refractivity contribution in [1.29, 1.82) is 0 Å². The molecule has 0 bridgehead atoms. The summed E-state index contributed by atoms with van der Waals surface area (Å²) in [5, 5.41) is 0. The smallest absolute Gasteiger partial charge is 0.323 e. The van der Waals surface area contributed by atoms with Gasteiger partial charge in [-0.3, -0.25) is 4.72 Å². The summed E-state index contributed by atoms with van der Waals surface area (Å²) in [7, 11) is -7.81. The number of rotatable bonds is 6. The minimum Gasteiger partial charge on any atom is -0.323 e. The van der Waals surface area contributed by atoms with Gasteiger partial charge in [0.1, 0.15) is 0 Å². The van der Waals surface area contributed by atoms with Gasteiger partial charge in [0.2, 0.25) is 0 Å². The minimum atomic E-state index is -3.99. The van der Waals surface area contributed by atoms with E-state index in [0.717, 1.165) is 27.8 Å². The maximum atomic E-state index is 13.1. The van der Waals surface area contributed by atoms with Gasteiger partial charge in [0.05, 0.1) is 9.79 Å². The van der Waals surface area contributed by atoms with E-state index in [9.17, 15) is 21.6 Å². The highest BCUT2D eigenvalue weighted by molar-refractivity contribution is 7.92. The summed E-state index contributed by atoms with van der Waals surface area (Å²) in [4.78, 5) is 14.5. The van der Waals surface area contributed by atoms with E-state index in [4.69, 9.17) is 0 Å². The van der Waals surface area contributed by atoms with Crippen molar-refractivity contribution >= 4 is 31.8 Å². The minimum absolute atomic E-state index is 0.0242. The number of nitrogens with one attached hydrogen (secondary N) is 2. The zero-order valence-electron chi connectivity index (χ0n) is 21.9. The van der Waals surface area contributed by atoms with E-state index in [1.165, 1.54) is 17.0 Å². The van der Waals surface area contributed by atoms with Gasteiger partial charge in [0, 0.05) is 18.8 Å². The number of carbonyl (C=O) groups excluding carboxylic acids is 1. The van der Waals surface area contributed by atoms with Gasteiger partial charge in [0.25, 0.3) is 20.0 Å². The third-order valence-electron chi connectivity index (χ3n) is 6.87. The molecule has 2 amide bonds. The van der Waals surface area contributed by atoms with Crippen LogP contribution in [0.15, 0.2) is 107 Å². The molecular weight excluding hydrogens is 546 g/mol. The molecule has 0 saturated heterocycles. The lowest BCUT2D eigenvalue weighted by Crippen LogP contribution is -2.43. The van der Waals surface area contributed by atoms with Crippen LogP contribution in [-0.4, -0.2) is 40.9 Å². The van der Waals surface area contributed by atoms with Crippen molar-refractivity contribution in [3.8, 4) is 11.1 Å². The molecule has 2 N–H and O–H groups in total. The monoisotopic (exact) mass is 575 g/mol. The Morgan fingerprint density at radius 3 is 1.93 bits per heavy atom. The van der Waals surface area contributed by atoms with E-state index < -0.39 is 26.1 Å². The zero-order valence-corrected chi connectivity index (χ0v) is 23.5. The molecule has 1 aliphatic rings. The lowest BCUT2D eigenvalue weighted by atomic mass is 10.0. The number of aryl methyl sites for hydroxylation is 1. The maximum Gasteiger partial charge on any atom is 0.331 e. The van der Waals surface area contributed by atoms with Crippen molar-refractivity contribution in [2.45, 2.75) is 29.6 Å². The third-order valence-corrected chi connectivity index (χ3v) is 9.61. The number of sulfonamides is 2. The SMILES string of the molecule is Cc1ccc(S(=O)(=O)NC(=O)N2CCc3ccc(NS(=O)(=O)c4ccc(-c5ccccc5)cc4)cc3CC2)cc1. The molecule has 0 spiro atoms. The summed E-state index contributed by atoms with van der Waals surface area (Å²) in [6.45, 7) is 2.48. The molecule has 1 aliphatic heterocycles. The van der Waals surface area contributed by atoms with Gasteiger partial charge < -0.3 is 4.90 Å². The normalized spacial score (nSPS) is 13.7. The summed E-state index contributed by atoms with van der Waals surface area (Å²) in [6.07, 6.45) is 0.968. The fourth-order valence-corrected chi connectivity index (χ4v) is 6.64. The first-order chi connectivity index (χ1) is 19.1. The fraction of sp³-hybridized carbons (Fsp3) is 0.167. The Labute approximate surface area is 234 Å². The van der Waals surface area contributed by atoms with Crippen molar-refractivity contribution in [3.05, 3.63) is 114 Å². The van der Waals surface area contributed by atoms with Crippen molar-refractivity contribution in [2.75, 3.05) is 17.8 Å². The number of nitrogens with zero attached hydrogens (tertiary/aromatic N) is 1. The summed E-state index contributed by atoms with van der Waals surface area (Å²) < 4.78 is 56.3. The molecular formula is C30H29N3O5S2. The molecule has 0 radical (unpaired) electrons. The number of hydrogen-bond acceptors (Lipinski definition) is 5. The van der Waals surface area contributed by atoms with Crippen LogP contribution in [-0.2, 0) is 32.9 Å². The molecule has 1 heterocycles.